The molecular weight excluding hydrogens is 584 g/mol. The molecule has 13 heteroatoms. The van der Waals surface area contributed by atoms with E-state index in [1.54, 1.807) is 24.3 Å². The number of rotatable bonds is 12. The zero-order valence-electron chi connectivity index (χ0n) is 25.0. The van der Waals surface area contributed by atoms with Crippen molar-refractivity contribution >= 4 is 27.8 Å². The number of carbonyl (C=O) groups excluding carboxylic acids is 1. The van der Waals surface area contributed by atoms with Gasteiger partial charge in [-0.1, -0.05) is 31.5 Å². The number of ether oxygens (including phenoxy) is 1. The molecule has 0 aliphatic carbocycles. The summed E-state index contributed by atoms with van der Waals surface area (Å²) in [6.07, 6.45) is 2.95. The molecule has 44 heavy (non-hydrogen) atoms. The molecule has 2 heterocycles. The summed E-state index contributed by atoms with van der Waals surface area (Å²) in [5.74, 6) is 0.237. The quantitative estimate of drug-likeness (QED) is 0.123. The number of sulfonamides is 1. The first-order valence-corrected chi connectivity index (χ1v) is 15.3. The fraction of sp³-hybridized carbons (Fsp3) is 0.258. The Morgan fingerprint density at radius 1 is 1.07 bits per heavy atom. The number of aromatic nitrogens is 2. The van der Waals surface area contributed by atoms with E-state index in [-0.39, 0.29) is 22.4 Å². The van der Waals surface area contributed by atoms with Crippen LogP contribution in [0.3, 0.4) is 0 Å². The maximum atomic E-state index is 13.0. The van der Waals surface area contributed by atoms with Gasteiger partial charge in [0.2, 0.25) is 15.9 Å². The average Bonchev–Trinajstić information content (AvgIpc) is 3.25. The van der Waals surface area contributed by atoms with Crippen molar-refractivity contribution in [1.29, 1.82) is 0 Å². The van der Waals surface area contributed by atoms with Gasteiger partial charge < -0.3 is 9.30 Å². The van der Waals surface area contributed by atoms with E-state index in [4.69, 9.17) is 4.74 Å². The molecule has 0 saturated heterocycles. The van der Waals surface area contributed by atoms with E-state index in [0.29, 0.717) is 12.2 Å². The highest BCUT2D eigenvalue weighted by atomic mass is 32.2. The molecule has 230 valence electrons. The monoisotopic (exact) mass is 618 g/mol. The van der Waals surface area contributed by atoms with Gasteiger partial charge in [-0.3, -0.25) is 14.9 Å². The Labute approximate surface area is 256 Å². The van der Waals surface area contributed by atoms with Crippen molar-refractivity contribution in [3.63, 3.8) is 0 Å². The van der Waals surface area contributed by atoms with Crippen molar-refractivity contribution in [3.8, 4) is 17.3 Å². The Kier molecular flexibility index (Phi) is 9.91. The lowest BCUT2D eigenvalue weighted by Gasteiger charge is -2.19. The molecule has 2 aromatic heterocycles. The summed E-state index contributed by atoms with van der Waals surface area (Å²) >= 11 is 0. The number of nitro groups is 1. The zero-order chi connectivity index (χ0) is 32.0. The van der Waals surface area contributed by atoms with Gasteiger partial charge in [0.05, 0.1) is 16.0 Å². The third-order valence-corrected chi connectivity index (χ3v) is 8.24. The van der Waals surface area contributed by atoms with E-state index in [1.165, 1.54) is 30.5 Å². The highest BCUT2D eigenvalue weighted by Gasteiger charge is 2.26. The molecule has 4 rings (SSSR count). The molecule has 12 nitrogen and oxygen atoms in total. The van der Waals surface area contributed by atoms with Gasteiger partial charge in [-0.15, -0.1) is 0 Å². The minimum atomic E-state index is -3.91. The molecule has 4 aromatic rings. The van der Waals surface area contributed by atoms with E-state index >= 15 is 0 Å². The predicted molar refractivity (Wildman–Crippen MR) is 167 cm³/mol. The maximum absolute atomic E-state index is 13.0. The first-order valence-electron chi connectivity index (χ1n) is 13.8. The Balaban J connectivity index is 1.44. The van der Waals surface area contributed by atoms with E-state index in [2.05, 4.69) is 20.2 Å². The summed E-state index contributed by atoms with van der Waals surface area (Å²) < 4.78 is 36.1. The van der Waals surface area contributed by atoms with E-state index < -0.39 is 26.9 Å². The molecule has 1 amide bonds. The third-order valence-electron chi connectivity index (χ3n) is 6.75. The molecule has 1 atom stereocenters. The van der Waals surface area contributed by atoms with Gasteiger partial charge in [-0.25, -0.2) is 18.8 Å². The number of hydrazone groups is 1. The lowest BCUT2D eigenvalue weighted by atomic mass is 10.0. The predicted octanol–water partition coefficient (Wildman–Crippen LogP) is 5.34. The SMILES string of the molecule is Cc1ccc(S(=O)(=O)N[C@@H](CC(C)C)C(=O)N/N=C\c2cc(C)n(-c3ccc(Oc4ccc([N+](=O)[O-])cn4)cc3)c2C)cc1. The first kappa shape index (κ1) is 32.0. The van der Waals surface area contributed by atoms with Crippen LogP contribution in [-0.2, 0) is 14.8 Å². The van der Waals surface area contributed by atoms with Gasteiger partial charge in [0.15, 0.2) is 0 Å². The van der Waals surface area contributed by atoms with Crippen LogP contribution in [0.2, 0.25) is 0 Å². The van der Waals surface area contributed by atoms with Crippen LogP contribution in [0.4, 0.5) is 5.69 Å². The van der Waals surface area contributed by atoms with Crippen LogP contribution < -0.4 is 14.9 Å². The topological polar surface area (TPSA) is 158 Å². The zero-order valence-corrected chi connectivity index (χ0v) is 25.8. The van der Waals surface area contributed by atoms with Crippen LogP contribution >= 0.6 is 0 Å². The van der Waals surface area contributed by atoms with Crippen molar-refractivity contribution in [2.24, 2.45) is 11.0 Å². The van der Waals surface area contributed by atoms with E-state index in [9.17, 15) is 23.3 Å². The van der Waals surface area contributed by atoms with Crippen molar-refractivity contribution in [1.82, 2.24) is 19.7 Å². The molecule has 2 aromatic carbocycles. The van der Waals surface area contributed by atoms with Crippen molar-refractivity contribution in [2.75, 3.05) is 0 Å². The summed E-state index contributed by atoms with van der Waals surface area (Å²) in [5, 5.41) is 14.9. The summed E-state index contributed by atoms with van der Waals surface area (Å²) in [4.78, 5) is 27.4. The van der Waals surface area contributed by atoms with Gasteiger partial charge in [-0.05, 0) is 75.6 Å². The molecule has 0 bridgehead atoms. The third kappa shape index (κ3) is 7.94. The largest absolute Gasteiger partial charge is 0.439 e. The number of nitrogens with one attached hydrogen (secondary N) is 2. The van der Waals surface area contributed by atoms with Crippen molar-refractivity contribution in [3.05, 3.63) is 106 Å². The number of pyridine rings is 1. The molecule has 0 saturated carbocycles. The van der Waals surface area contributed by atoms with Crippen molar-refractivity contribution < 1.29 is 22.9 Å². The molecule has 0 aliphatic rings. The van der Waals surface area contributed by atoms with Crippen LogP contribution in [0, 0.1) is 36.8 Å². The van der Waals surface area contributed by atoms with E-state index in [0.717, 1.165) is 34.4 Å². The fourth-order valence-electron chi connectivity index (χ4n) is 4.54. The molecule has 0 radical (unpaired) electrons. The second-order valence-electron chi connectivity index (χ2n) is 10.7. The van der Waals surface area contributed by atoms with E-state index in [1.807, 2.05) is 57.4 Å². The molecule has 0 fully saturated rings. The Morgan fingerprint density at radius 2 is 1.75 bits per heavy atom. The summed E-state index contributed by atoms with van der Waals surface area (Å²) in [5.41, 5.74) is 6.70. The Morgan fingerprint density at radius 3 is 2.34 bits per heavy atom. The normalized spacial score (nSPS) is 12.4. The number of amides is 1. The number of hydrogen-bond acceptors (Lipinski definition) is 8. The van der Waals surface area contributed by atoms with Crippen LogP contribution in [-0.4, -0.2) is 41.1 Å². The minimum absolute atomic E-state index is 0.0524. The van der Waals surface area contributed by atoms with Gasteiger partial charge >= 0.3 is 0 Å². The minimum Gasteiger partial charge on any atom is -0.439 e. The smallest absolute Gasteiger partial charge is 0.287 e. The Bertz CT molecular complexity index is 1760. The molecule has 0 unspecified atom stereocenters. The number of nitrogens with zero attached hydrogens (tertiary/aromatic N) is 4. The first-order chi connectivity index (χ1) is 20.8. The second-order valence-corrected chi connectivity index (χ2v) is 12.4. The standard InChI is InChI=1S/C31H34N6O6S/c1-20(2)16-29(35-44(41,42)28-13-6-21(3)7-14-28)31(38)34-33-18-24-17-22(4)36(23(24)5)25-8-11-27(12-9-25)43-30-15-10-26(19-32-30)37(39)40/h6-15,17-20,29,35H,16H2,1-5H3,(H,34,38)/b33-18-/t29-/m0/s1. The summed E-state index contributed by atoms with van der Waals surface area (Å²) in [7, 11) is -3.91. The number of benzene rings is 2. The Hall–Kier alpha value is -4.88. The van der Waals surface area contributed by atoms with Crippen LogP contribution in [0.1, 0.15) is 42.8 Å². The lowest BCUT2D eigenvalue weighted by molar-refractivity contribution is -0.385. The van der Waals surface area contributed by atoms with Crippen LogP contribution in [0.25, 0.3) is 5.69 Å². The highest BCUT2D eigenvalue weighted by Crippen LogP contribution is 2.25. The van der Waals surface area contributed by atoms with Gasteiger partial charge in [0, 0.05) is 34.8 Å². The number of aryl methyl sites for hydroxylation is 2. The number of carbonyl (C=O) groups is 1. The molecule has 0 aliphatic heterocycles. The summed E-state index contributed by atoms with van der Waals surface area (Å²) in [6.45, 7) is 9.53. The van der Waals surface area contributed by atoms with Crippen LogP contribution in [0.5, 0.6) is 11.6 Å². The fourth-order valence-corrected chi connectivity index (χ4v) is 5.74. The van der Waals surface area contributed by atoms with Crippen LogP contribution in [0.15, 0.2) is 82.9 Å². The molecule has 2 N–H and O–H groups in total. The average molecular weight is 619 g/mol. The maximum Gasteiger partial charge on any atom is 0.287 e. The lowest BCUT2D eigenvalue weighted by Crippen LogP contribution is -2.46. The second kappa shape index (κ2) is 13.6. The molecule has 0 spiro atoms. The van der Waals surface area contributed by atoms with Gasteiger partial charge in [0.25, 0.3) is 11.6 Å². The van der Waals surface area contributed by atoms with Gasteiger partial charge in [0.1, 0.15) is 18.0 Å². The highest BCUT2D eigenvalue weighted by molar-refractivity contribution is 7.89. The number of hydrogen-bond donors (Lipinski definition) is 2. The molecular formula is C31H34N6O6S. The van der Waals surface area contributed by atoms with Gasteiger partial charge in [-0.2, -0.15) is 9.82 Å². The summed E-state index contributed by atoms with van der Waals surface area (Å²) in [6, 6.07) is 17.3. The van der Waals surface area contributed by atoms with Crippen molar-refractivity contribution in [2.45, 2.75) is 52.0 Å².